The summed E-state index contributed by atoms with van der Waals surface area (Å²) in [4.78, 5) is 26.7. The molecule has 1 aliphatic rings. The number of halogens is 1. The van der Waals surface area contributed by atoms with Crippen molar-refractivity contribution < 1.29 is 4.79 Å². The van der Waals surface area contributed by atoms with Crippen molar-refractivity contribution in [3.63, 3.8) is 0 Å². The van der Waals surface area contributed by atoms with Gasteiger partial charge in [0.1, 0.15) is 5.82 Å². The monoisotopic (exact) mass is 485 g/mol. The van der Waals surface area contributed by atoms with E-state index in [9.17, 15) is 4.79 Å². The summed E-state index contributed by atoms with van der Waals surface area (Å²) in [6, 6.07) is 23.7. The van der Waals surface area contributed by atoms with Gasteiger partial charge in [0.15, 0.2) is 5.82 Å². The predicted molar refractivity (Wildman–Crippen MR) is 143 cm³/mol. The highest BCUT2D eigenvalue weighted by molar-refractivity contribution is 6.31. The lowest BCUT2D eigenvalue weighted by molar-refractivity contribution is 0.208. The number of fused-ring (bicyclic) bond motifs is 1. The predicted octanol–water partition coefficient (Wildman–Crippen LogP) is 6.43. The zero-order chi connectivity index (χ0) is 24.4. The third-order valence-electron chi connectivity index (χ3n) is 6.37. The molecule has 4 aromatic rings. The van der Waals surface area contributed by atoms with Gasteiger partial charge in [-0.1, -0.05) is 67.9 Å². The quantitative estimate of drug-likeness (QED) is 0.362. The fourth-order valence-electron chi connectivity index (χ4n) is 4.32. The van der Waals surface area contributed by atoms with Gasteiger partial charge in [0.05, 0.1) is 5.52 Å². The van der Waals surface area contributed by atoms with Gasteiger partial charge >= 0.3 is 6.03 Å². The fourth-order valence-corrected chi connectivity index (χ4v) is 4.48. The smallest absolute Gasteiger partial charge is 0.321 e. The van der Waals surface area contributed by atoms with Gasteiger partial charge < -0.3 is 15.1 Å². The third-order valence-corrected chi connectivity index (χ3v) is 6.60. The standard InChI is InChI=1S/C28H28ClN5O/c1-19(2)20-8-11-23(12-9-20)30-28(35)34-16-14-33(15-17-34)27-24-13-10-22(29)18-25(24)31-26(32-27)21-6-4-3-5-7-21/h3-13,18-19H,14-17H2,1-2H3,(H,30,35). The van der Waals surface area contributed by atoms with Crippen molar-refractivity contribution in [2.75, 3.05) is 36.4 Å². The van der Waals surface area contributed by atoms with Crippen molar-refractivity contribution in [1.29, 1.82) is 0 Å². The highest BCUT2D eigenvalue weighted by atomic mass is 35.5. The summed E-state index contributed by atoms with van der Waals surface area (Å²) < 4.78 is 0. The molecule has 1 fully saturated rings. The van der Waals surface area contributed by atoms with E-state index in [0.29, 0.717) is 42.9 Å². The van der Waals surface area contributed by atoms with Crippen LogP contribution in [0, 0.1) is 0 Å². The lowest BCUT2D eigenvalue weighted by Gasteiger charge is -2.36. The first-order valence-corrected chi connectivity index (χ1v) is 12.3. The Balaban J connectivity index is 1.33. The molecule has 0 saturated carbocycles. The van der Waals surface area contributed by atoms with E-state index < -0.39 is 0 Å². The largest absolute Gasteiger partial charge is 0.352 e. The Bertz CT molecular complexity index is 1330. The molecule has 3 aromatic carbocycles. The number of nitrogens with one attached hydrogen (secondary N) is 1. The molecule has 1 N–H and O–H groups in total. The Morgan fingerprint density at radius 1 is 0.914 bits per heavy atom. The number of carbonyl (C=O) groups excluding carboxylic acids is 1. The first-order valence-electron chi connectivity index (χ1n) is 11.9. The number of aromatic nitrogens is 2. The highest BCUT2D eigenvalue weighted by Crippen LogP contribution is 2.30. The van der Waals surface area contributed by atoms with Crippen LogP contribution in [0.1, 0.15) is 25.3 Å². The van der Waals surface area contributed by atoms with E-state index in [1.807, 2.05) is 65.6 Å². The first kappa shape index (κ1) is 23.1. The van der Waals surface area contributed by atoms with Crippen LogP contribution in [0.25, 0.3) is 22.3 Å². The molecule has 7 heteroatoms. The molecule has 0 radical (unpaired) electrons. The van der Waals surface area contributed by atoms with E-state index in [0.717, 1.165) is 28.0 Å². The molecule has 1 aliphatic heterocycles. The Hall–Kier alpha value is -3.64. The van der Waals surface area contributed by atoms with Crippen molar-refractivity contribution in [1.82, 2.24) is 14.9 Å². The molecule has 1 aromatic heterocycles. The Labute approximate surface area is 210 Å². The molecule has 0 aliphatic carbocycles. The summed E-state index contributed by atoms with van der Waals surface area (Å²) in [7, 11) is 0. The number of hydrogen-bond acceptors (Lipinski definition) is 4. The van der Waals surface area contributed by atoms with E-state index in [1.165, 1.54) is 5.56 Å². The number of anilines is 2. The second kappa shape index (κ2) is 9.92. The van der Waals surface area contributed by atoms with Gasteiger partial charge in [-0.25, -0.2) is 14.8 Å². The molecule has 0 bridgehead atoms. The first-order chi connectivity index (χ1) is 17.0. The number of amides is 2. The molecule has 0 spiro atoms. The summed E-state index contributed by atoms with van der Waals surface area (Å²) >= 11 is 6.27. The lowest BCUT2D eigenvalue weighted by Crippen LogP contribution is -2.50. The molecule has 1 saturated heterocycles. The van der Waals surface area contributed by atoms with Crippen molar-refractivity contribution in [2.24, 2.45) is 0 Å². The van der Waals surface area contributed by atoms with E-state index >= 15 is 0 Å². The van der Waals surface area contributed by atoms with Crippen LogP contribution in [0.3, 0.4) is 0 Å². The fraction of sp³-hybridized carbons (Fsp3) is 0.250. The Kier molecular flexibility index (Phi) is 6.55. The number of hydrogen-bond donors (Lipinski definition) is 1. The minimum absolute atomic E-state index is 0.0775. The number of carbonyl (C=O) groups is 1. The van der Waals surface area contributed by atoms with Crippen molar-refractivity contribution in [3.8, 4) is 11.4 Å². The van der Waals surface area contributed by atoms with E-state index in [2.05, 4.69) is 36.2 Å². The average Bonchev–Trinajstić information content (AvgIpc) is 2.88. The topological polar surface area (TPSA) is 61.4 Å². The van der Waals surface area contributed by atoms with E-state index in [1.54, 1.807) is 0 Å². The minimum Gasteiger partial charge on any atom is -0.352 e. The van der Waals surface area contributed by atoms with Gasteiger partial charge in [0.2, 0.25) is 0 Å². The van der Waals surface area contributed by atoms with Gasteiger partial charge in [0, 0.05) is 47.8 Å². The molecule has 178 valence electrons. The van der Waals surface area contributed by atoms with Crippen LogP contribution in [0.15, 0.2) is 72.8 Å². The van der Waals surface area contributed by atoms with Crippen molar-refractivity contribution in [2.45, 2.75) is 19.8 Å². The maximum atomic E-state index is 12.9. The number of benzene rings is 3. The molecular weight excluding hydrogens is 458 g/mol. The number of nitrogens with zero attached hydrogens (tertiary/aromatic N) is 4. The molecule has 6 nitrogen and oxygen atoms in total. The van der Waals surface area contributed by atoms with Gasteiger partial charge in [0.25, 0.3) is 0 Å². The van der Waals surface area contributed by atoms with Crippen molar-refractivity contribution in [3.05, 3.63) is 83.4 Å². The normalized spacial score (nSPS) is 13.9. The second-order valence-electron chi connectivity index (χ2n) is 9.08. The molecular formula is C28H28ClN5O. The maximum absolute atomic E-state index is 12.9. The van der Waals surface area contributed by atoms with Crippen LogP contribution >= 0.6 is 11.6 Å². The van der Waals surface area contributed by atoms with E-state index in [4.69, 9.17) is 21.6 Å². The van der Waals surface area contributed by atoms with Gasteiger partial charge in [-0.05, 0) is 41.8 Å². The third kappa shape index (κ3) is 5.08. The summed E-state index contributed by atoms with van der Waals surface area (Å²) in [5.74, 6) is 2.00. The molecule has 0 unspecified atom stereocenters. The minimum atomic E-state index is -0.0775. The molecule has 5 rings (SSSR count). The van der Waals surface area contributed by atoms with Crippen LogP contribution in [-0.4, -0.2) is 47.1 Å². The summed E-state index contributed by atoms with van der Waals surface area (Å²) in [5.41, 5.74) is 3.83. The lowest BCUT2D eigenvalue weighted by atomic mass is 10.0. The summed E-state index contributed by atoms with van der Waals surface area (Å²) in [5, 5.41) is 4.63. The summed E-state index contributed by atoms with van der Waals surface area (Å²) in [6.45, 7) is 6.90. The Morgan fingerprint density at radius 2 is 1.63 bits per heavy atom. The van der Waals surface area contributed by atoms with Crippen molar-refractivity contribution >= 4 is 40.0 Å². The van der Waals surface area contributed by atoms with Gasteiger partial charge in [-0.2, -0.15) is 0 Å². The number of urea groups is 1. The zero-order valence-corrected chi connectivity index (χ0v) is 20.7. The van der Waals surface area contributed by atoms with Crippen LogP contribution in [-0.2, 0) is 0 Å². The average molecular weight is 486 g/mol. The molecule has 2 amide bonds. The highest BCUT2D eigenvalue weighted by Gasteiger charge is 2.24. The van der Waals surface area contributed by atoms with Crippen LogP contribution in [0.5, 0.6) is 0 Å². The number of rotatable bonds is 4. The van der Waals surface area contributed by atoms with E-state index in [-0.39, 0.29) is 6.03 Å². The number of piperazine rings is 1. The molecule has 35 heavy (non-hydrogen) atoms. The van der Waals surface area contributed by atoms with Crippen LogP contribution in [0.2, 0.25) is 5.02 Å². The van der Waals surface area contributed by atoms with Crippen LogP contribution < -0.4 is 10.2 Å². The zero-order valence-electron chi connectivity index (χ0n) is 19.9. The van der Waals surface area contributed by atoms with Gasteiger partial charge in [-0.15, -0.1) is 0 Å². The maximum Gasteiger partial charge on any atom is 0.321 e. The SMILES string of the molecule is CC(C)c1ccc(NC(=O)N2CCN(c3nc(-c4ccccc4)nc4cc(Cl)ccc34)CC2)cc1. The second-order valence-corrected chi connectivity index (χ2v) is 9.52. The summed E-state index contributed by atoms with van der Waals surface area (Å²) in [6.07, 6.45) is 0. The molecule has 0 atom stereocenters. The van der Waals surface area contributed by atoms with Crippen LogP contribution in [0.4, 0.5) is 16.3 Å². The van der Waals surface area contributed by atoms with Gasteiger partial charge in [-0.3, -0.25) is 0 Å². The Morgan fingerprint density at radius 3 is 2.31 bits per heavy atom. The molecule has 2 heterocycles.